The van der Waals surface area contributed by atoms with Crippen molar-refractivity contribution in [3.05, 3.63) is 0 Å². The molecule has 0 aliphatic rings. The molecule has 0 aromatic rings. The molecule has 0 aliphatic heterocycles. The third kappa shape index (κ3) is 16.9. The Kier molecular flexibility index (Phi) is 22.9. The summed E-state index contributed by atoms with van der Waals surface area (Å²) in [5, 5.41) is 4.95. The summed E-state index contributed by atoms with van der Waals surface area (Å²) in [5.41, 5.74) is 0. The fraction of sp³-hybridized carbons (Fsp3) is 1.00. The molecule has 0 radical (unpaired) electrons. The van der Waals surface area contributed by atoms with E-state index in [1.807, 2.05) is 0 Å². The quantitative estimate of drug-likeness (QED) is 0.215. The highest BCUT2D eigenvalue weighted by atomic mass is 35.5. The van der Waals surface area contributed by atoms with Crippen molar-refractivity contribution in [1.82, 2.24) is 0 Å². The molecule has 0 aliphatic carbocycles. The van der Waals surface area contributed by atoms with Crippen LogP contribution in [0.1, 0.15) is 97.8 Å². The SMILES string of the molecule is CCCCC[CH2][Al]([CH2]CCCCC)[CH2]CCCCC.Cl. The number of hydrogen-bond donors (Lipinski definition) is 0. The van der Waals surface area contributed by atoms with E-state index in [-0.39, 0.29) is 26.6 Å². The molecule has 0 nitrogen and oxygen atoms in total. The lowest BCUT2D eigenvalue weighted by Crippen LogP contribution is -2.11. The maximum atomic E-state index is 2.32. The van der Waals surface area contributed by atoms with Crippen LogP contribution in [0.5, 0.6) is 0 Å². The fourth-order valence-corrected chi connectivity index (χ4v) is 6.48. The normalized spacial score (nSPS) is 10.3. The number of halogens is 1. The average molecular weight is 319 g/mol. The summed E-state index contributed by atoms with van der Waals surface area (Å²) in [6.45, 7) is 6.97. The summed E-state index contributed by atoms with van der Waals surface area (Å²) in [6.07, 6.45) is 17.7. The molecular formula is C18H40AlCl. The van der Waals surface area contributed by atoms with Gasteiger partial charge in [0.1, 0.15) is 0 Å². The molecule has 0 aromatic heterocycles. The van der Waals surface area contributed by atoms with Crippen LogP contribution in [0.2, 0.25) is 15.8 Å². The van der Waals surface area contributed by atoms with Gasteiger partial charge in [-0.05, 0) is 0 Å². The van der Waals surface area contributed by atoms with Gasteiger partial charge in [0.25, 0.3) is 14.1 Å². The lowest BCUT2D eigenvalue weighted by molar-refractivity contribution is 0.672. The Morgan fingerprint density at radius 3 is 1.00 bits per heavy atom. The van der Waals surface area contributed by atoms with Crippen LogP contribution >= 0.6 is 12.4 Å². The smallest absolute Gasteiger partial charge is 0.147 e. The molecule has 0 bridgehead atoms. The summed E-state index contributed by atoms with van der Waals surface area (Å²) >= 11 is -0.362. The first-order valence-corrected chi connectivity index (χ1v) is 11.8. The van der Waals surface area contributed by atoms with Crippen LogP contribution in [0.25, 0.3) is 0 Å². The molecular weight excluding hydrogens is 279 g/mol. The minimum Gasteiger partial charge on any atom is -0.147 e. The summed E-state index contributed by atoms with van der Waals surface area (Å²) in [5.74, 6) is 0. The Balaban J connectivity index is 0. The standard InChI is InChI=1S/3C6H13.Al.ClH/c3*1-3-5-6-4-2;;/h3*1,3-6H2,2H3;;1H. The van der Waals surface area contributed by atoms with E-state index in [1.165, 1.54) is 57.8 Å². The molecule has 0 heterocycles. The largest absolute Gasteiger partial charge is 0.261 e. The van der Waals surface area contributed by atoms with Gasteiger partial charge < -0.3 is 0 Å². The maximum absolute atomic E-state index is 2.32. The van der Waals surface area contributed by atoms with E-state index in [0.717, 1.165) is 0 Å². The van der Waals surface area contributed by atoms with Gasteiger partial charge in [-0.1, -0.05) is 114 Å². The molecule has 0 atom stereocenters. The van der Waals surface area contributed by atoms with Gasteiger partial charge in [-0.25, -0.2) is 0 Å². The van der Waals surface area contributed by atoms with E-state index in [9.17, 15) is 0 Å². The molecule has 0 N–H and O–H groups in total. The van der Waals surface area contributed by atoms with Crippen molar-refractivity contribution in [3.8, 4) is 0 Å². The van der Waals surface area contributed by atoms with Crippen LogP contribution in [0, 0.1) is 0 Å². The molecule has 122 valence electrons. The van der Waals surface area contributed by atoms with Gasteiger partial charge in [0.15, 0.2) is 0 Å². The number of hydrogen-bond acceptors (Lipinski definition) is 0. The summed E-state index contributed by atoms with van der Waals surface area (Å²) in [4.78, 5) is 0. The Labute approximate surface area is 140 Å². The lowest BCUT2D eigenvalue weighted by Gasteiger charge is -2.11. The average Bonchev–Trinajstić information content (AvgIpc) is 2.43. The van der Waals surface area contributed by atoms with Crippen LogP contribution in [-0.2, 0) is 0 Å². The maximum Gasteiger partial charge on any atom is 0.261 e. The first-order chi connectivity index (χ1) is 9.35. The molecule has 0 amide bonds. The van der Waals surface area contributed by atoms with Crippen molar-refractivity contribution in [2.75, 3.05) is 0 Å². The van der Waals surface area contributed by atoms with E-state index < -0.39 is 0 Å². The molecule has 20 heavy (non-hydrogen) atoms. The van der Waals surface area contributed by atoms with Gasteiger partial charge in [-0.2, -0.15) is 0 Å². The van der Waals surface area contributed by atoms with Crippen molar-refractivity contribution in [2.24, 2.45) is 0 Å². The molecule has 0 unspecified atom stereocenters. The minimum atomic E-state index is -0.362. The van der Waals surface area contributed by atoms with E-state index in [0.29, 0.717) is 0 Å². The number of unbranched alkanes of at least 4 members (excludes halogenated alkanes) is 9. The summed E-state index contributed by atoms with van der Waals surface area (Å²) < 4.78 is 0. The molecule has 0 fully saturated rings. The van der Waals surface area contributed by atoms with Gasteiger partial charge in [-0.3, -0.25) is 0 Å². The van der Waals surface area contributed by atoms with Gasteiger partial charge in [-0.15, -0.1) is 12.4 Å². The Morgan fingerprint density at radius 1 is 0.450 bits per heavy atom. The van der Waals surface area contributed by atoms with Gasteiger partial charge in [0.05, 0.1) is 0 Å². The molecule has 2 heteroatoms. The lowest BCUT2D eigenvalue weighted by atomic mass is 10.2. The van der Waals surface area contributed by atoms with Crippen LogP contribution < -0.4 is 0 Å². The van der Waals surface area contributed by atoms with Crippen molar-refractivity contribution >= 4 is 26.6 Å². The minimum absolute atomic E-state index is 0. The van der Waals surface area contributed by atoms with Crippen molar-refractivity contribution < 1.29 is 0 Å². The highest BCUT2D eigenvalue weighted by Crippen LogP contribution is 2.19. The van der Waals surface area contributed by atoms with E-state index in [2.05, 4.69) is 20.8 Å². The highest BCUT2D eigenvalue weighted by molar-refractivity contribution is 6.58. The van der Waals surface area contributed by atoms with E-state index >= 15 is 0 Å². The number of rotatable bonds is 15. The summed E-state index contributed by atoms with van der Waals surface area (Å²) in [6, 6.07) is 0. The van der Waals surface area contributed by atoms with Gasteiger partial charge >= 0.3 is 0 Å². The second-order valence-corrected chi connectivity index (χ2v) is 9.88. The fourth-order valence-electron chi connectivity index (χ4n) is 3.01. The Bertz CT molecular complexity index is 133. The predicted octanol–water partition coefficient (Wildman–Crippen LogP) is 7.64. The zero-order valence-corrected chi connectivity index (χ0v) is 16.6. The topological polar surface area (TPSA) is 0 Å². The van der Waals surface area contributed by atoms with E-state index in [1.54, 1.807) is 35.1 Å². The van der Waals surface area contributed by atoms with Crippen molar-refractivity contribution in [1.29, 1.82) is 0 Å². The Hall–Kier alpha value is 0.822. The van der Waals surface area contributed by atoms with Crippen molar-refractivity contribution in [3.63, 3.8) is 0 Å². The van der Waals surface area contributed by atoms with Crippen LogP contribution in [0.3, 0.4) is 0 Å². The Morgan fingerprint density at radius 2 is 0.750 bits per heavy atom. The van der Waals surface area contributed by atoms with E-state index in [4.69, 9.17) is 0 Å². The third-order valence-electron chi connectivity index (χ3n) is 4.40. The van der Waals surface area contributed by atoms with Crippen molar-refractivity contribution in [2.45, 2.75) is 114 Å². The second-order valence-electron chi connectivity index (χ2n) is 6.41. The predicted molar refractivity (Wildman–Crippen MR) is 99.8 cm³/mol. The van der Waals surface area contributed by atoms with Crippen LogP contribution in [0.4, 0.5) is 0 Å². The molecule has 0 rings (SSSR count). The third-order valence-corrected chi connectivity index (χ3v) is 8.07. The molecule has 0 spiro atoms. The first kappa shape index (κ1) is 23.1. The monoisotopic (exact) mass is 318 g/mol. The molecule has 0 saturated heterocycles. The van der Waals surface area contributed by atoms with Gasteiger partial charge in [0.2, 0.25) is 0 Å². The first-order valence-electron chi connectivity index (χ1n) is 9.35. The van der Waals surface area contributed by atoms with Gasteiger partial charge in [0, 0.05) is 0 Å². The molecule has 0 aromatic carbocycles. The zero-order chi connectivity index (χ0) is 14.2. The molecule has 0 saturated carbocycles. The van der Waals surface area contributed by atoms with Crippen LogP contribution in [-0.4, -0.2) is 14.1 Å². The van der Waals surface area contributed by atoms with Crippen LogP contribution in [0.15, 0.2) is 0 Å². The summed E-state index contributed by atoms with van der Waals surface area (Å²) in [7, 11) is 0. The zero-order valence-electron chi connectivity index (χ0n) is 14.6. The highest BCUT2D eigenvalue weighted by Gasteiger charge is 2.15. The second kappa shape index (κ2) is 19.8.